The summed E-state index contributed by atoms with van der Waals surface area (Å²) in [5, 5.41) is 5.71. The van der Waals surface area contributed by atoms with E-state index in [9.17, 15) is 9.59 Å². The highest BCUT2D eigenvalue weighted by molar-refractivity contribution is 5.86. The topological polar surface area (TPSA) is 84.2 Å². The first-order valence-corrected chi connectivity index (χ1v) is 11.4. The van der Waals surface area contributed by atoms with Crippen molar-refractivity contribution in [3.63, 3.8) is 0 Å². The van der Waals surface area contributed by atoms with Gasteiger partial charge in [-0.2, -0.15) is 0 Å². The van der Waals surface area contributed by atoms with E-state index in [1.807, 2.05) is 0 Å². The molecular weight excluding hydrogens is 338 g/mol. The van der Waals surface area contributed by atoms with E-state index in [1.54, 1.807) is 0 Å². The number of carbonyl (C=O) groups excluding carboxylic acids is 2. The first-order chi connectivity index (χ1) is 13.1. The predicted octanol–water partition coefficient (Wildman–Crippen LogP) is 4.44. The summed E-state index contributed by atoms with van der Waals surface area (Å²) in [6.45, 7) is 5.03. The lowest BCUT2D eigenvalue weighted by molar-refractivity contribution is -0.128. The molecule has 5 nitrogen and oxygen atoms in total. The normalized spacial score (nSPS) is 12.0. The highest BCUT2D eigenvalue weighted by Gasteiger charge is 2.18. The van der Waals surface area contributed by atoms with Crippen molar-refractivity contribution in [1.82, 2.24) is 10.6 Å². The van der Waals surface area contributed by atoms with Crippen LogP contribution in [0, 0.1) is 0 Å². The van der Waals surface area contributed by atoms with Gasteiger partial charge in [0.15, 0.2) is 0 Å². The number of nitrogens with two attached hydrogens (primary N) is 1. The molecule has 0 aliphatic carbocycles. The van der Waals surface area contributed by atoms with E-state index in [4.69, 9.17) is 5.73 Å². The Morgan fingerprint density at radius 1 is 0.778 bits per heavy atom. The lowest BCUT2D eigenvalue weighted by atomic mass is 10.1. The molecule has 27 heavy (non-hydrogen) atoms. The molecule has 160 valence electrons. The van der Waals surface area contributed by atoms with Crippen molar-refractivity contribution in [2.45, 2.75) is 116 Å². The highest BCUT2D eigenvalue weighted by Crippen LogP contribution is 2.11. The molecule has 2 amide bonds. The second-order valence-corrected chi connectivity index (χ2v) is 7.72. The molecule has 1 unspecified atom stereocenters. The Morgan fingerprint density at radius 3 is 1.78 bits per heavy atom. The van der Waals surface area contributed by atoms with Crippen LogP contribution in [0.3, 0.4) is 0 Å². The third-order valence-electron chi connectivity index (χ3n) is 4.97. The van der Waals surface area contributed by atoms with Crippen LogP contribution in [0.5, 0.6) is 0 Å². The van der Waals surface area contributed by atoms with Crippen molar-refractivity contribution in [3.8, 4) is 0 Å². The van der Waals surface area contributed by atoms with Gasteiger partial charge in [-0.3, -0.25) is 9.59 Å². The minimum absolute atomic E-state index is 0.0645. The van der Waals surface area contributed by atoms with E-state index in [2.05, 4.69) is 17.6 Å². The molecule has 0 aliphatic heterocycles. The van der Waals surface area contributed by atoms with Gasteiger partial charge in [0.1, 0.15) is 6.04 Å². The molecule has 0 fully saturated rings. The van der Waals surface area contributed by atoms with Gasteiger partial charge >= 0.3 is 0 Å². The van der Waals surface area contributed by atoms with Crippen LogP contribution < -0.4 is 16.4 Å². The summed E-state index contributed by atoms with van der Waals surface area (Å²) in [5.41, 5.74) is 5.49. The quantitative estimate of drug-likeness (QED) is 0.288. The second kappa shape index (κ2) is 19.7. The second-order valence-electron chi connectivity index (χ2n) is 7.72. The van der Waals surface area contributed by atoms with Crippen molar-refractivity contribution in [1.29, 1.82) is 0 Å². The summed E-state index contributed by atoms with van der Waals surface area (Å²) in [6, 6.07) is -0.425. The number of rotatable bonds is 19. The number of carbonyl (C=O) groups is 2. The smallest absolute Gasteiger partial charge is 0.242 e. The molecule has 0 aromatic heterocycles. The molecule has 0 rings (SSSR count). The largest absolute Gasteiger partial charge is 0.354 e. The van der Waals surface area contributed by atoms with E-state index >= 15 is 0 Å². The maximum atomic E-state index is 12.2. The van der Waals surface area contributed by atoms with Crippen LogP contribution in [-0.2, 0) is 9.59 Å². The van der Waals surface area contributed by atoms with Gasteiger partial charge in [0, 0.05) is 13.5 Å². The Kier molecular flexibility index (Phi) is 18.9. The summed E-state index contributed by atoms with van der Waals surface area (Å²) in [5.74, 6) is -0.224. The van der Waals surface area contributed by atoms with Gasteiger partial charge in [0.05, 0.1) is 0 Å². The van der Waals surface area contributed by atoms with Crippen molar-refractivity contribution < 1.29 is 9.59 Å². The zero-order chi connectivity index (χ0) is 20.2. The molecule has 0 heterocycles. The van der Waals surface area contributed by atoms with Gasteiger partial charge in [-0.15, -0.1) is 0 Å². The maximum absolute atomic E-state index is 12.2. The van der Waals surface area contributed by atoms with Crippen LogP contribution in [0.4, 0.5) is 0 Å². The maximum Gasteiger partial charge on any atom is 0.242 e. The third-order valence-corrected chi connectivity index (χ3v) is 4.97. The minimum Gasteiger partial charge on any atom is -0.354 e. The fraction of sp³-hybridized carbons (Fsp3) is 0.909. The molecule has 5 heteroatoms. The minimum atomic E-state index is -0.425. The molecule has 0 aromatic rings. The average Bonchev–Trinajstić information content (AvgIpc) is 2.64. The third kappa shape index (κ3) is 18.0. The first-order valence-electron chi connectivity index (χ1n) is 11.4. The Bertz CT molecular complexity index is 361. The first kappa shape index (κ1) is 25.9. The van der Waals surface area contributed by atoms with Crippen molar-refractivity contribution in [2.24, 2.45) is 5.73 Å². The van der Waals surface area contributed by atoms with E-state index in [0.29, 0.717) is 19.5 Å². The lowest BCUT2D eigenvalue weighted by Gasteiger charge is -2.17. The van der Waals surface area contributed by atoms with Gasteiger partial charge in [0.2, 0.25) is 11.8 Å². The summed E-state index contributed by atoms with van der Waals surface area (Å²) in [7, 11) is 0. The van der Waals surface area contributed by atoms with Crippen LogP contribution in [0.25, 0.3) is 0 Å². The fourth-order valence-corrected chi connectivity index (χ4v) is 3.31. The molecule has 0 radical (unpaired) electrons. The molecule has 0 aromatic carbocycles. The number of nitrogens with one attached hydrogen (secondary N) is 2. The van der Waals surface area contributed by atoms with Gasteiger partial charge < -0.3 is 16.4 Å². The number of amides is 2. The summed E-state index contributed by atoms with van der Waals surface area (Å²) in [4.78, 5) is 23.5. The fourth-order valence-electron chi connectivity index (χ4n) is 3.31. The molecule has 0 spiro atoms. The van der Waals surface area contributed by atoms with Crippen molar-refractivity contribution in [2.75, 3.05) is 13.1 Å². The highest BCUT2D eigenvalue weighted by atomic mass is 16.2. The van der Waals surface area contributed by atoms with Crippen LogP contribution in [-0.4, -0.2) is 30.9 Å². The van der Waals surface area contributed by atoms with E-state index in [1.165, 1.54) is 71.1 Å². The Labute approximate surface area is 167 Å². The number of hydrogen-bond acceptors (Lipinski definition) is 3. The zero-order valence-corrected chi connectivity index (χ0v) is 18.0. The Balaban J connectivity index is 3.57. The van der Waals surface area contributed by atoms with Crippen LogP contribution in [0.2, 0.25) is 0 Å². The van der Waals surface area contributed by atoms with Crippen LogP contribution in [0.1, 0.15) is 110 Å². The molecule has 4 N–H and O–H groups in total. The predicted molar refractivity (Wildman–Crippen MR) is 115 cm³/mol. The molecule has 0 saturated carbocycles. The molecule has 0 saturated heterocycles. The summed E-state index contributed by atoms with van der Waals surface area (Å²) < 4.78 is 0. The van der Waals surface area contributed by atoms with Gasteiger partial charge in [0.25, 0.3) is 0 Å². The van der Waals surface area contributed by atoms with Gasteiger partial charge in [-0.1, -0.05) is 77.6 Å². The molecular formula is C22H45N3O2. The van der Waals surface area contributed by atoms with Crippen LogP contribution in [0.15, 0.2) is 0 Å². The SMILES string of the molecule is CCCCCCCCCCCCCCNC(=O)C(CCCCN)NC(C)=O. The Morgan fingerprint density at radius 2 is 1.30 bits per heavy atom. The summed E-state index contributed by atoms with van der Waals surface area (Å²) in [6.07, 6.45) is 18.1. The number of unbranched alkanes of at least 4 members (excludes halogenated alkanes) is 12. The number of hydrogen-bond donors (Lipinski definition) is 3. The van der Waals surface area contributed by atoms with Crippen molar-refractivity contribution >= 4 is 11.8 Å². The molecule has 0 bridgehead atoms. The average molecular weight is 384 g/mol. The molecule has 1 atom stereocenters. The zero-order valence-electron chi connectivity index (χ0n) is 18.0. The standard InChI is InChI=1S/C22H45N3O2/c1-3-4-5-6-7-8-9-10-11-12-13-16-19-24-22(27)21(25-20(2)26)17-14-15-18-23/h21H,3-19,23H2,1-2H3,(H,24,27)(H,25,26). The lowest BCUT2D eigenvalue weighted by Crippen LogP contribution is -2.46. The van der Waals surface area contributed by atoms with Crippen molar-refractivity contribution in [3.05, 3.63) is 0 Å². The van der Waals surface area contributed by atoms with Gasteiger partial charge in [-0.25, -0.2) is 0 Å². The van der Waals surface area contributed by atoms with Gasteiger partial charge in [-0.05, 0) is 32.2 Å². The van der Waals surface area contributed by atoms with E-state index < -0.39 is 6.04 Å². The van der Waals surface area contributed by atoms with E-state index in [0.717, 1.165) is 25.7 Å². The summed E-state index contributed by atoms with van der Waals surface area (Å²) >= 11 is 0. The monoisotopic (exact) mass is 383 g/mol. The van der Waals surface area contributed by atoms with Crippen LogP contribution >= 0.6 is 0 Å². The van der Waals surface area contributed by atoms with E-state index in [-0.39, 0.29) is 11.8 Å². The Hall–Kier alpha value is -1.10. The molecule has 0 aliphatic rings.